The Kier molecular flexibility index (Phi) is 5.31. The summed E-state index contributed by atoms with van der Waals surface area (Å²) in [6, 6.07) is -2.83. The molecule has 1 rings (SSSR count). The molecule has 1 aliphatic rings. The third kappa shape index (κ3) is 5.43. The van der Waals surface area contributed by atoms with Crippen molar-refractivity contribution in [2.75, 3.05) is 11.5 Å². The minimum Gasteiger partial charge on any atom is -0.480 e. The molecule has 0 radical (unpaired) electrons. The Morgan fingerprint density at radius 3 is 2.50 bits per heavy atom. The molecule has 0 aliphatic carbocycles. The van der Waals surface area contributed by atoms with Gasteiger partial charge >= 0.3 is 12.0 Å². The van der Waals surface area contributed by atoms with E-state index in [1.54, 1.807) is 0 Å². The summed E-state index contributed by atoms with van der Waals surface area (Å²) in [6.07, 6.45) is 0.406. The Balaban J connectivity index is 2.53. The van der Waals surface area contributed by atoms with E-state index in [1.807, 2.05) is 0 Å². The van der Waals surface area contributed by atoms with Crippen LogP contribution in [0.4, 0.5) is 4.79 Å². The van der Waals surface area contributed by atoms with Gasteiger partial charge in [-0.25, -0.2) is 18.0 Å². The van der Waals surface area contributed by atoms with Crippen LogP contribution in [0.5, 0.6) is 0 Å². The molecule has 0 bridgehead atoms. The van der Waals surface area contributed by atoms with E-state index in [2.05, 4.69) is 10.6 Å². The topological polar surface area (TPSA) is 156 Å². The molecule has 3 amide bonds. The molecule has 1 aliphatic heterocycles. The molecular weight excluding hydrogens is 290 g/mol. The van der Waals surface area contributed by atoms with Gasteiger partial charge < -0.3 is 21.5 Å². The molecule has 9 nitrogen and oxygen atoms in total. The van der Waals surface area contributed by atoms with Gasteiger partial charge in [0, 0.05) is 6.04 Å². The molecule has 0 saturated carbocycles. The van der Waals surface area contributed by atoms with Crippen molar-refractivity contribution in [3.63, 3.8) is 0 Å². The van der Waals surface area contributed by atoms with E-state index >= 15 is 0 Å². The van der Waals surface area contributed by atoms with E-state index in [9.17, 15) is 22.8 Å². The summed E-state index contributed by atoms with van der Waals surface area (Å²) in [5, 5.41) is 13.3. The lowest BCUT2D eigenvalue weighted by molar-refractivity contribution is -0.140. The average Bonchev–Trinajstić information content (AvgIpc) is 2.25. The first-order valence-electron chi connectivity index (χ1n) is 5.98. The van der Waals surface area contributed by atoms with Gasteiger partial charge in [0.15, 0.2) is 9.84 Å². The highest BCUT2D eigenvalue weighted by Crippen LogP contribution is 2.11. The lowest BCUT2D eigenvalue weighted by atomic mass is 10.2. The number of hydrogen-bond donors (Lipinski definition) is 4. The lowest BCUT2D eigenvalue weighted by Crippen LogP contribution is -2.52. The van der Waals surface area contributed by atoms with Gasteiger partial charge in [-0.1, -0.05) is 0 Å². The number of rotatable bonds is 5. The number of amides is 3. The highest BCUT2D eigenvalue weighted by molar-refractivity contribution is 7.91. The Hall–Kier alpha value is -1.84. The van der Waals surface area contributed by atoms with Gasteiger partial charge in [0.1, 0.15) is 6.04 Å². The third-order valence-electron chi connectivity index (χ3n) is 2.81. The number of urea groups is 1. The summed E-state index contributed by atoms with van der Waals surface area (Å²) in [5.74, 6) is -2.34. The van der Waals surface area contributed by atoms with Gasteiger partial charge in [-0.2, -0.15) is 0 Å². The van der Waals surface area contributed by atoms with Crippen molar-refractivity contribution in [2.45, 2.75) is 31.3 Å². The predicted octanol–water partition coefficient (Wildman–Crippen LogP) is -1.81. The second-order valence-corrected chi connectivity index (χ2v) is 6.86. The van der Waals surface area contributed by atoms with Crippen molar-refractivity contribution in [1.82, 2.24) is 10.6 Å². The molecule has 0 aromatic rings. The van der Waals surface area contributed by atoms with Gasteiger partial charge in [-0.15, -0.1) is 0 Å². The smallest absolute Gasteiger partial charge is 0.326 e. The summed E-state index contributed by atoms with van der Waals surface area (Å²) < 4.78 is 22.8. The Morgan fingerprint density at radius 1 is 1.35 bits per heavy atom. The predicted molar refractivity (Wildman–Crippen MR) is 68.6 cm³/mol. The standard InChI is InChI=1S/C10H17N3O6S/c11-8(14)4-7(9(15)16)13-10(17)12-6-2-1-3-20(18,19)5-6/h6-7H,1-5H2,(H2,11,14)(H,15,16)(H2,12,13,17). The van der Waals surface area contributed by atoms with Crippen LogP contribution in [0, 0.1) is 0 Å². The summed E-state index contributed by atoms with van der Waals surface area (Å²) in [7, 11) is -3.17. The van der Waals surface area contributed by atoms with E-state index in [0.717, 1.165) is 0 Å². The maximum absolute atomic E-state index is 11.6. The second kappa shape index (κ2) is 6.55. The van der Waals surface area contributed by atoms with Crippen molar-refractivity contribution in [3.8, 4) is 0 Å². The van der Waals surface area contributed by atoms with E-state index in [1.165, 1.54) is 0 Å². The number of hydrogen-bond acceptors (Lipinski definition) is 5. The number of primary amides is 1. The van der Waals surface area contributed by atoms with E-state index in [4.69, 9.17) is 10.8 Å². The zero-order valence-electron chi connectivity index (χ0n) is 10.7. The number of aliphatic carboxylic acids is 1. The number of nitrogens with two attached hydrogens (primary N) is 1. The highest BCUT2D eigenvalue weighted by atomic mass is 32.2. The average molecular weight is 307 g/mol. The number of carboxylic acid groups (broad SMARTS) is 1. The van der Waals surface area contributed by atoms with Crippen LogP contribution < -0.4 is 16.4 Å². The van der Waals surface area contributed by atoms with Crippen LogP contribution >= 0.6 is 0 Å². The van der Waals surface area contributed by atoms with Crippen LogP contribution in [0.1, 0.15) is 19.3 Å². The maximum Gasteiger partial charge on any atom is 0.326 e. The monoisotopic (exact) mass is 307 g/mol. The Morgan fingerprint density at radius 2 is 2.00 bits per heavy atom. The molecule has 5 N–H and O–H groups in total. The molecule has 0 aromatic heterocycles. The zero-order chi connectivity index (χ0) is 15.3. The molecule has 10 heteroatoms. The molecular formula is C10H17N3O6S. The summed E-state index contributed by atoms with van der Waals surface area (Å²) in [6.45, 7) is 0. The van der Waals surface area contributed by atoms with Crippen LogP contribution in [0.15, 0.2) is 0 Å². The number of nitrogens with one attached hydrogen (secondary N) is 2. The van der Waals surface area contributed by atoms with Crippen molar-refractivity contribution < 1.29 is 27.9 Å². The van der Waals surface area contributed by atoms with Crippen molar-refractivity contribution in [1.29, 1.82) is 0 Å². The number of carbonyl (C=O) groups is 3. The van der Waals surface area contributed by atoms with Gasteiger partial charge in [-0.3, -0.25) is 4.79 Å². The fraction of sp³-hybridized carbons (Fsp3) is 0.700. The minimum absolute atomic E-state index is 0.0895. The van der Waals surface area contributed by atoms with Crippen molar-refractivity contribution in [3.05, 3.63) is 0 Å². The summed E-state index contributed by atoms with van der Waals surface area (Å²) in [4.78, 5) is 33.1. The molecule has 1 fully saturated rings. The van der Waals surface area contributed by atoms with Crippen LogP contribution in [-0.4, -0.2) is 55.0 Å². The minimum atomic E-state index is -3.17. The summed E-state index contributed by atoms with van der Waals surface area (Å²) in [5.41, 5.74) is 4.87. The molecule has 2 unspecified atom stereocenters. The van der Waals surface area contributed by atoms with Gasteiger partial charge in [0.25, 0.3) is 0 Å². The van der Waals surface area contributed by atoms with Gasteiger partial charge in [0.05, 0.1) is 17.9 Å². The highest BCUT2D eigenvalue weighted by Gasteiger charge is 2.28. The second-order valence-electron chi connectivity index (χ2n) is 4.63. The third-order valence-corrected chi connectivity index (χ3v) is 4.63. The molecule has 20 heavy (non-hydrogen) atoms. The first-order valence-corrected chi connectivity index (χ1v) is 7.80. The van der Waals surface area contributed by atoms with Crippen molar-refractivity contribution in [2.24, 2.45) is 5.73 Å². The van der Waals surface area contributed by atoms with E-state index in [0.29, 0.717) is 12.8 Å². The van der Waals surface area contributed by atoms with Crippen LogP contribution in [0.25, 0.3) is 0 Å². The molecule has 2 atom stereocenters. The van der Waals surface area contributed by atoms with Crippen molar-refractivity contribution >= 4 is 27.7 Å². The molecule has 1 saturated heterocycles. The number of carboxylic acids is 1. The number of sulfone groups is 1. The maximum atomic E-state index is 11.6. The van der Waals surface area contributed by atoms with E-state index in [-0.39, 0.29) is 11.5 Å². The molecule has 1 heterocycles. The Bertz CT molecular complexity index is 503. The van der Waals surface area contributed by atoms with Crippen LogP contribution in [-0.2, 0) is 19.4 Å². The van der Waals surface area contributed by atoms with Crippen LogP contribution in [0.3, 0.4) is 0 Å². The van der Waals surface area contributed by atoms with Crippen LogP contribution in [0.2, 0.25) is 0 Å². The molecule has 0 spiro atoms. The van der Waals surface area contributed by atoms with Gasteiger partial charge in [0.2, 0.25) is 5.91 Å². The SMILES string of the molecule is NC(=O)CC(NC(=O)NC1CCCS(=O)(=O)C1)C(=O)O. The first kappa shape index (κ1) is 16.2. The Labute approximate surface area is 115 Å². The molecule has 0 aromatic carbocycles. The van der Waals surface area contributed by atoms with E-state index < -0.39 is 46.2 Å². The largest absolute Gasteiger partial charge is 0.480 e. The fourth-order valence-corrected chi connectivity index (χ4v) is 3.56. The number of carbonyl (C=O) groups excluding carboxylic acids is 2. The molecule has 114 valence electrons. The summed E-state index contributed by atoms with van der Waals surface area (Å²) >= 11 is 0. The lowest BCUT2D eigenvalue weighted by Gasteiger charge is -2.24. The fourth-order valence-electron chi connectivity index (χ4n) is 1.92. The quantitative estimate of drug-likeness (QED) is 0.469. The zero-order valence-corrected chi connectivity index (χ0v) is 11.5. The van der Waals surface area contributed by atoms with Gasteiger partial charge in [-0.05, 0) is 12.8 Å². The normalized spacial score (nSPS) is 22.5. The first-order chi connectivity index (χ1) is 9.19.